The fourth-order valence-corrected chi connectivity index (χ4v) is 4.36. The van der Waals surface area contributed by atoms with Crippen molar-refractivity contribution < 1.29 is 4.74 Å². The fraction of sp³-hybridized carbons (Fsp3) is 0.0417. The highest BCUT2D eigenvalue weighted by Gasteiger charge is 2.23. The second-order valence-electron chi connectivity index (χ2n) is 7.46. The normalized spacial score (nSPS) is 11.6. The number of nitrogens with one attached hydrogen (secondary N) is 1. The molecule has 0 saturated heterocycles. The molecule has 6 rings (SSSR count). The lowest BCUT2D eigenvalue weighted by Gasteiger charge is -2.20. The summed E-state index contributed by atoms with van der Waals surface area (Å²) in [5, 5.41) is 2.04. The Kier molecular flexibility index (Phi) is 4.18. The van der Waals surface area contributed by atoms with Gasteiger partial charge in [0.1, 0.15) is 11.3 Å². The third kappa shape index (κ3) is 2.88. The Bertz CT molecular complexity index is 1830. The molecule has 33 heavy (non-hydrogen) atoms. The van der Waals surface area contributed by atoms with Crippen molar-refractivity contribution in [2.45, 2.75) is 0 Å². The minimum Gasteiger partial charge on any atom is -0.494 e. The van der Waals surface area contributed by atoms with E-state index in [-0.39, 0.29) is 11.5 Å². The number of hydrogen-bond donors (Lipinski definition) is 1. The minimum atomic E-state index is -0.748. The lowest BCUT2D eigenvalue weighted by molar-refractivity contribution is 0.419. The highest BCUT2D eigenvalue weighted by molar-refractivity contribution is 6.31. The van der Waals surface area contributed by atoms with Gasteiger partial charge in [0.2, 0.25) is 0 Å². The Balaban J connectivity index is 1.95. The quantitative estimate of drug-likeness (QED) is 0.397. The molecule has 0 amide bonds. The van der Waals surface area contributed by atoms with E-state index in [1.807, 2.05) is 42.5 Å². The molecule has 8 nitrogen and oxygen atoms in total. The van der Waals surface area contributed by atoms with Crippen molar-refractivity contribution in [2.24, 2.45) is 0 Å². The van der Waals surface area contributed by atoms with Crippen LogP contribution in [-0.2, 0) is 0 Å². The molecular weight excluding hydrogens is 442 g/mol. The smallest absolute Gasteiger partial charge is 0.349 e. The average molecular weight is 456 g/mol. The van der Waals surface area contributed by atoms with Crippen molar-refractivity contribution in [1.82, 2.24) is 24.5 Å². The first kappa shape index (κ1) is 19.4. The number of methoxy groups -OCH3 is 1. The number of hydrogen-bond acceptors (Lipinski definition) is 6. The van der Waals surface area contributed by atoms with E-state index >= 15 is 0 Å². The molecule has 1 aromatic heterocycles. The molecule has 0 aliphatic carbocycles. The molecule has 1 N–H and O–H groups in total. The van der Waals surface area contributed by atoms with Gasteiger partial charge in [-0.15, -0.1) is 0 Å². The summed E-state index contributed by atoms with van der Waals surface area (Å²) in [6.07, 6.45) is 0. The molecule has 3 heterocycles. The molecule has 0 radical (unpaired) electrons. The Morgan fingerprint density at radius 2 is 1.76 bits per heavy atom. The number of rotatable bonds is 2. The van der Waals surface area contributed by atoms with Crippen LogP contribution in [0.5, 0.6) is 5.75 Å². The number of halogens is 1. The van der Waals surface area contributed by atoms with Crippen molar-refractivity contribution in [3.8, 4) is 23.0 Å². The predicted octanol–water partition coefficient (Wildman–Crippen LogP) is 3.94. The van der Waals surface area contributed by atoms with Crippen molar-refractivity contribution in [2.75, 3.05) is 7.11 Å². The highest BCUT2D eigenvalue weighted by atomic mass is 35.5. The molecule has 0 unspecified atom stereocenters. The molecule has 0 atom stereocenters. The van der Waals surface area contributed by atoms with E-state index in [0.29, 0.717) is 38.5 Å². The number of aromatic nitrogens is 5. The third-order valence-electron chi connectivity index (χ3n) is 5.57. The first-order chi connectivity index (χ1) is 16.0. The number of fused-ring (bicyclic) bond motifs is 4. The molecule has 0 spiro atoms. The maximum absolute atomic E-state index is 12.7. The second-order valence-corrected chi connectivity index (χ2v) is 7.89. The second kappa shape index (κ2) is 7.11. The Labute approximate surface area is 190 Å². The summed E-state index contributed by atoms with van der Waals surface area (Å²) >= 11 is 6.29. The van der Waals surface area contributed by atoms with E-state index in [9.17, 15) is 9.59 Å². The van der Waals surface area contributed by atoms with Gasteiger partial charge in [-0.1, -0.05) is 35.9 Å². The molecule has 2 aliphatic rings. The van der Waals surface area contributed by atoms with Gasteiger partial charge in [0.25, 0.3) is 5.56 Å². The molecule has 0 saturated carbocycles. The van der Waals surface area contributed by atoms with E-state index in [1.165, 1.54) is 0 Å². The summed E-state index contributed by atoms with van der Waals surface area (Å²) in [5.74, 6) is 0.725. The van der Waals surface area contributed by atoms with Crippen LogP contribution in [-0.4, -0.2) is 31.6 Å². The zero-order valence-corrected chi connectivity index (χ0v) is 17.9. The average Bonchev–Trinajstić information content (AvgIpc) is 2.81. The van der Waals surface area contributed by atoms with Gasteiger partial charge in [-0.3, -0.25) is 14.3 Å². The number of pyridine rings is 1. The maximum Gasteiger partial charge on any atom is 0.349 e. The summed E-state index contributed by atoms with van der Waals surface area (Å²) in [6, 6.07) is 18.3. The number of benzene rings is 3. The van der Waals surface area contributed by atoms with Gasteiger partial charge in [0, 0.05) is 15.8 Å². The van der Waals surface area contributed by atoms with E-state index in [2.05, 4.69) is 15.0 Å². The van der Waals surface area contributed by atoms with Crippen LogP contribution in [0.3, 0.4) is 0 Å². The van der Waals surface area contributed by atoms with Crippen molar-refractivity contribution in [3.63, 3.8) is 0 Å². The van der Waals surface area contributed by atoms with Crippen molar-refractivity contribution in [1.29, 1.82) is 0 Å². The van der Waals surface area contributed by atoms with Crippen LogP contribution in [0.1, 0.15) is 0 Å². The zero-order valence-electron chi connectivity index (χ0n) is 17.2. The predicted molar refractivity (Wildman–Crippen MR) is 127 cm³/mol. The first-order valence-electron chi connectivity index (χ1n) is 10.0. The highest BCUT2D eigenvalue weighted by Crippen LogP contribution is 2.37. The van der Waals surface area contributed by atoms with Crippen LogP contribution in [0.25, 0.3) is 50.0 Å². The molecular formula is C24H14ClN5O3. The standard InChI is InChI=1S/C24H14ClN5O3/c1-33-18-8-4-5-14-19(18)27-16-11-12(25)9-10-13(16)21(14)30-17-7-3-2-6-15(17)26-20-22(30)28-24(32)29-23(20)31/h2-11H,1H3,(H,29,31,32). The van der Waals surface area contributed by atoms with Gasteiger partial charge in [-0.2, -0.15) is 4.98 Å². The summed E-state index contributed by atoms with van der Waals surface area (Å²) in [7, 11) is 1.58. The molecule has 3 aromatic carbocycles. The van der Waals surface area contributed by atoms with Crippen molar-refractivity contribution in [3.05, 3.63) is 86.5 Å². The summed E-state index contributed by atoms with van der Waals surface area (Å²) in [4.78, 5) is 40.6. The number of ether oxygens (including phenoxy) is 1. The van der Waals surface area contributed by atoms with E-state index < -0.39 is 11.2 Å². The van der Waals surface area contributed by atoms with Crippen LogP contribution in [0, 0.1) is 0 Å². The van der Waals surface area contributed by atoms with Crippen LogP contribution in [0.15, 0.2) is 70.3 Å². The van der Waals surface area contributed by atoms with Gasteiger partial charge in [0.05, 0.1) is 29.3 Å². The Morgan fingerprint density at radius 3 is 2.61 bits per heavy atom. The lowest BCUT2D eigenvalue weighted by Crippen LogP contribution is -2.28. The Hall–Kier alpha value is -4.30. The molecule has 0 bridgehead atoms. The zero-order chi connectivity index (χ0) is 22.7. The first-order valence-corrected chi connectivity index (χ1v) is 10.4. The molecule has 9 heteroatoms. The number of nitrogens with zero attached hydrogens (tertiary/aromatic N) is 4. The van der Waals surface area contributed by atoms with Gasteiger partial charge in [0.15, 0.2) is 11.5 Å². The van der Waals surface area contributed by atoms with Gasteiger partial charge < -0.3 is 4.74 Å². The van der Waals surface area contributed by atoms with Crippen molar-refractivity contribution >= 4 is 44.4 Å². The third-order valence-corrected chi connectivity index (χ3v) is 5.80. The van der Waals surface area contributed by atoms with Gasteiger partial charge >= 0.3 is 5.69 Å². The molecule has 160 valence electrons. The number of H-pyrrole nitrogens is 1. The largest absolute Gasteiger partial charge is 0.494 e. The minimum absolute atomic E-state index is 0.0586. The Morgan fingerprint density at radius 1 is 0.909 bits per heavy atom. The maximum atomic E-state index is 12.7. The van der Waals surface area contributed by atoms with Crippen LogP contribution >= 0.6 is 11.6 Å². The lowest BCUT2D eigenvalue weighted by atomic mass is 10.1. The number of para-hydroxylation sites is 3. The van der Waals surface area contributed by atoms with E-state index in [1.54, 1.807) is 29.9 Å². The molecule has 2 aliphatic heterocycles. The van der Waals surface area contributed by atoms with Crippen LogP contribution in [0.2, 0.25) is 5.02 Å². The molecule has 4 aromatic rings. The monoisotopic (exact) mass is 455 g/mol. The van der Waals surface area contributed by atoms with E-state index in [0.717, 1.165) is 10.8 Å². The van der Waals surface area contributed by atoms with Crippen LogP contribution in [0.4, 0.5) is 0 Å². The van der Waals surface area contributed by atoms with Gasteiger partial charge in [-0.25, -0.2) is 14.8 Å². The van der Waals surface area contributed by atoms with E-state index in [4.69, 9.17) is 21.3 Å². The number of aromatic amines is 1. The fourth-order valence-electron chi connectivity index (χ4n) is 4.20. The van der Waals surface area contributed by atoms with Gasteiger partial charge in [-0.05, 0) is 36.4 Å². The SMILES string of the molecule is COc1cccc2c(-n3c4nc(=O)[nH]c(=O)c-4nc4ccccc43)c3ccc(Cl)cc3nc12. The summed E-state index contributed by atoms with van der Waals surface area (Å²) in [5.41, 5.74) is 1.88. The summed E-state index contributed by atoms with van der Waals surface area (Å²) < 4.78 is 7.36. The van der Waals surface area contributed by atoms with Crippen LogP contribution < -0.4 is 16.0 Å². The summed E-state index contributed by atoms with van der Waals surface area (Å²) in [6.45, 7) is 0. The molecule has 0 fully saturated rings. The topological polar surface area (TPSA) is 103 Å².